The van der Waals surface area contributed by atoms with Crippen LogP contribution in [0.4, 0.5) is 21.5 Å². The molecule has 0 unspecified atom stereocenters. The van der Waals surface area contributed by atoms with Gasteiger partial charge in [0, 0.05) is 69.3 Å². The highest BCUT2D eigenvalue weighted by atomic mass is 19.1. The van der Waals surface area contributed by atoms with Crippen molar-refractivity contribution in [2.24, 2.45) is 0 Å². The number of carbonyl (C=O) groups is 2. The van der Waals surface area contributed by atoms with Gasteiger partial charge in [-0.25, -0.2) is 4.39 Å². The average molecular weight is 562 g/mol. The van der Waals surface area contributed by atoms with E-state index < -0.39 is 5.82 Å². The van der Waals surface area contributed by atoms with Crippen molar-refractivity contribution in [3.05, 3.63) is 83.7 Å². The third-order valence-corrected chi connectivity index (χ3v) is 7.47. The first-order valence-corrected chi connectivity index (χ1v) is 13.9. The quantitative estimate of drug-likeness (QED) is 0.414. The van der Waals surface area contributed by atoms with Crippen molar-refractivity contribution in [1.29, 1.82) is 0 Å². The Hall–Kier alpha value is -4.15. The van der Waals surface area contributed by atoms with Crippen molar-refractivity contribution in [2.45, 2.75) is 0 Å². The van der Waals surface area contributed by atoms with E-state index in [1.807, 2.05) is 24.3 Å². The van der Waals surface area contributed by atoms with E-state index in [-0.39, 0.29) is 11.8 Å². The molecule has 2 saturated heterocycles. The number of amides is 2. The third kappa shape index (κ3) is 7.14. The summed E-state index contributed by atoms with van der Waals surface area (Å²) >= 11 is 0. The minimum Gasteiger partial charge on any atom is -0.495 e. The number of ether oxygens (including phenoxy) is 2. The second-order valence-electron chi connectivity index (χ2n) is 10.0. The zero-order valence-corrected chi connectivity index (χ0v) is 23.3. The molecule has 0 bridgehead atoms. The average Bonchev–Trinajstić information content (AvgIpc) is 3.02. The molecule has 0 aromatic heterocycles. The summed E-state index contributed by atoms with van der Waals surface area (Å²) in [5, 5.41) is 5.91. The van der Waals surface area contributed by atoms with Gasteiger partial charge in [0.25, 0.3) is 11.8 Å². The lowest BCUT2D eigenvalue weighted by atomic mass is 10.1. The van der Waals surface area contributed by atoms with Crippen molar-refractivity contribution in [2.75, 3.05) is 87.8 Å². The lowest BCUT2D eigenvalue weighted by Gasteiger charge is -2.38. The Morgan fingerprint density at radius 2 is 1.54 bits per heavy atom. The molecule has 0 radical (unpaired) electrons. The molecule has 3 aromatic carbocycles. The Morgan fingerprint density at radius 3 is 2.24 bits per heavy atom. The summed E-state index contributed by atoms with van der Waals surface area (Å²) < 4.78 is 24.3. The minimum atomic E-state index is -0.409. The number of nitrogens with one attached hydrogen (secondary N) is 2. The highest BCUT2D eigenvalue weighted by Gasteiger charge is 2.24. The van der Waals surface area contributed by atoms with E-state index in [0.717, 1.165) is 49.8 Å². The smallest absolute Gasteiger partial charge is 0.255 e. The van der Waals surface area contributed by atoms with Gasteiger partial charge in [0.1, 0.15) is 11.6 Å². The summed E-state index contributed by atoms with van der Waals surface area (Å²) in [5.74, 6) is -0.143. The summed E-state index contributed by atoms with van der Waals surface area (Å²) in [7, 11) is 1.68. The molecule has 2 aliphatic rings. The SMILES string of the molecule is COc1ccccc1N1CCN(c2ccc(NC(=O)c3ccc(F)cc3)cc2C(=O)NCCN2CCOCC2)CC1. The topological polar surface area (TPSA) is 86.4 Å². The lowest BCUT2D eigenvalue weighted by Crippen LogP contribution is -2.47. The molecule has 10 heteroatoms. The summed E-state index contributed by atoms with van der Waals surface area (Å²) in [5.41, 5.74) is 3.19. The van der Waals surface area contributed by atoms with Crippen LogP contribution >= 0.6 is 0 Å². The molecule has 9 nitrogen and oxygen atoms in total. The predicted octanol–water partition coefficient (Wildman–Crippen LogP) is 3.48. The van der Waals surface area contributed by atoms with Crippen molar-refractivity contribution >= 4 is 28.9 Å². The highest BCUT2D eigenvalue weighted by molar-refractivity contribution is 6.06. The van der Waals surface area contributed by atoms with E-state index >= 15 is 0 Å². The molecule has 2 heterocycles. The maximum absolute atomic E-state index is 13.5. The number of morpholine rings is 1. The number of piperazine rings is 1. The van der Waals surface area contributed by atoms with E-state index in [2.05, 4.69) is 31.4 Å². The van der Waals surface area contributed by atoms with Gasteiger partial charge in [0.15, 0.2) is 0 Å². The van der Waals surface area contributed by atoms with Crippen LogP contribution in [0, 0.1) is 5.82 Å². The first kappa shape index (κ1) is 28.4. The fourth-order valence-electron chi connectivity index (χ4n) is 5.20. The van der Waals surface area contributed by atoms with Gasteiger partial charge in [-0.3, -0.25) is 14.5 Å². The van der Waals surface area contributed by atoms with E-state index in [9.17, 15) is 14.0 Å². The van der Waals surface area contributed by atoms with Crippen molar-refractivity contribution < 1.29 is 23.5 Å². The molecule has 0 spiro atoms. The molecule has 5 rings (SSSR count). The van der Waals surface area contributed by atoms with Gasteiger partial charge in [-0.2, -0.15) is 0 Å². The van der Waals surface area contributed by atoms with Gasteiger partial charge >= 0.3 is 0 Å². The molecule has 2 fully saturated rings. The normalized spacial score (nSPS) is 15.9. The monoisotopic (exact) mass is 561 g/mol. The maximum atomic E-state index is 13.5. The Balaban J connectivity index is 1.31. The van der Waals surface area contributed by atoms with Gasteiger partial charge in [0.05, 0.1) is 31.6 Å². The number of carbonyl (C=O) groups excluding carboxylic acids is 2. The van der Waals surface area contributed by atoms with Crippen LogP contribution in [0.1, 0.15) is 20.7 Å². The van der Waals surface area contributed by atoms with E-state index in [1.165, 1.54) is 24.3 Å². The number of rotatable bonds is 9. The molecule has 2 N–H and O–H groups in total. The molecule has 0 saturated carbocycles. The number of halogens is 1. The van der Waals surface area contributed by atoms with E-state index in [1.54, 1.807) is 19.2 Å². The van der Waals surface area contributed by atoms with Crippen molar-refractivity contribution in [1.82, 2.24) is 10.2 Å². The van der Waals surface area contributed by atoms with Crippen LogP contribution in [0.15, 0.2) is 66.7 Å². The van der Waals surface area contributed by atoms with Gasteiger partial charge in [0.2, 0.25) is 0 Å². The number of methoxy groups -OCH3 is 1. The number of hydrogen-bond donors (Lipinski definition) is 2. The first-order valence-electron chi connectivity index (χ1n) is 13.9. The molecular formula is C31H36FN5O4. The van der Waals surface area contributed by atoms with Crippen LogP contribution < -0.4 is 25.2 Å². The fraction of sp³-hybridized carbons (Fsp3) is 0.355. The lowest BCUT2D eigenvalue weighted by molar-refractivity contribution is 0.0383. The van der Waals surface area contributed by atoms with Crippen LogP contribution in [0.5, 0.6) is 5.75 Å². The van der Waals surface area contributed by atoms with E-state index in [4.69, 9.17) is 9.47 Å². The van der Waals surface area contributed by atoms with Crippen LogP contribution in [-0.4, -0.2) is 89.4 Å². The van der Waals surface area contributed by atoms with Crippen LogP contribution in [0.2, 0.25) is 0 Å². The third-order valence-electron chi connectivity index (χ3n) is 7.47. The highest BCUT2D eigenvalue weighted by Crippen LogP contribution is 2.31. The molecule has 216 valence electrons. The zero-order chi connectivity index (χ0) is 28.6. The Labute approximate surface area is 239 Å². The number of hydrogen-bond acceptors (Lipinski definition) is 7. The molecule has 0 aliphatic carbocycles. The first-order chi connectivity index (χ1) is 20.0. The fourth-order valence-corrected chi connectivity index (χ4v) is 5.20. The number of para-hydroxylation sites is 2. The van der Waals surface area contributed by atoms with Gasteiger partial charge in [-0.15, -0.1) is 0 Å². The van der Waals surface area contributed by atoms with Crippen LogP contribution in [-0.2, 0) is 4.74 Å². The second kappa shape index (κ2) is 13.5. The van der Waals surface area contributed by atoms with Gasteiger partial charge in [-0.1, -0.05) is 12.1 Å². The Bertz CT molecular complexity index is 1340. The molecule has 0 atom stereocenters. The number of nitrogens with zero attached hydrogens (tertiary/aromatic N) is 3. The van der Waals surface area contributed by atoms with Crippen molar-refractivity contribution in [3.8, 4) is 5.75 Å². The molecule has 2 aliphatic heterocycles. The minimum absolute atomic E-state index is 0.196. The Morgan fingerprint density at radius 1 is 0.854 bits per heavy atom. The molecular weight excluding hydrogens is 525 g/mol. The maximum Gasteiger partial charge on any atom is 0.255 e. The molecule has 2 amide bonds. The van der Waals surface area contributed by atoms with Crippen LogP contribution in [0.25, 0.3) is 0 Å². The predicted molar refractivity (Wildman–Crippen MR) is 158 cm³/mol. The van der Waals surface area contributed by atoms with Gasteiger partial charge in [-0.05, 0) is 54.6 Å². The summed E-state index contributed by atoms with van der Waals surface area (Å²) in [6, 6.07) is 18.7. The summed E-state index contributed by atoms with van der Waals surface area (Å²) in [6.45, 7) is 7.31. The van der Waals surface area contributed by atoms with Gasteiger partial charge < -0.3 is 29.9 Å². The Kier molecular flexibility index (Phi) is 9.33. The standard InChI is InChI=1S/C31H36FN5O4/c1-40-29-5-3-2-4-28(29)37-16-14-36(15-17-37)27-11-10-25(34-30(38)23-6-8-24(32)9-7-23)22-26(27)31(39)33-12-13-35-18-20-41-21-19-35/h2-11,22H,12-21H2,1H3,(H,33,39)(H,34,38). The molecule has 41 heavy (non-hydrogen) atoms. The largest absolute Gasteiger partial charge is 0.495 e. The second-order valence-corrected chi connectivity index (χ2v) is 10.0. The zero-order valence-electron chi connectivity index (χ0n) is 23.3. The summed E-state index contributed by atoms with van der Waals surface area (Å²) in [4.78, 5) is 33.0. The van der Waals surface area contributed by atoms with Crippen LogP contribution in [0.3, 0.4) is 0 Å². The number of benzene rings is 3. The molecule has 3 aromatic rings. The number of anilines is 3. The van der Waals surface area contributed by atoms with E-state index in [0.29, 0.717) is 49.7 Å². The van der Waals surface area contributed by atoms with Crippen molar-refractivity contribution in [3.63, 3.8) is 0 Å². The summed E-state index contributed by atoms with van der Waals surface area (Å²) in [6.07, 6.45) is 0.